The Hall–Kier alpha value is 0.250. The highest BCUT2D eigenvalue weighted by molar-refractivity contribution is 6.17. The topological polar surface area (TPSA) is 12.0 Å². The lowest BCUT2D eigenvalue weighted by atomic mass is 9.90. The van der Waals surface area contributed by atoms with E-state index >= 15 is 0 Å². The zero-order chi connectivity index (χ0) is 9.45. The molecule has 0 aromatic heterocycles. The van der Waals surface area contributed by atoms with Crippen molar-refractivity contribution in [2.75, 3.05) is 19.0 Å². The molecule has 0 aromatic rings. The first-order chi connectivity index (χ1) is 5.62. The van der Waals surface area contributed by atoms with Crippen LogP contribution in [0.15, 0.2) is 0 Å². The summed E-state index contributed by atoms with van der Waals surface area (Å²) in [6.07, 6.45) is 3.63. The molecule has 1 nitrogen and oxygen atoms in total. The van der Waals surface area contributed by atoms with Crippen molar-refractivity contribution in [3.8, 4) is 0 Å². The van der Waals surface area contributed by atoms with E-state index in [1.54, 1.807) is 0 Å². The van der Waals surface area contributed by atoms with Crippen LogP contribution in [-0.2, 0) is 0 Å². The number of halogens is 1. The molecule has 0 saturated carbocycles. The third kappa shape index (κ3) is 6.93. The standard InChI is InChI=1S/C10H22ClN/c1-4-5-8-12-9-10(2,3)6-7-11/h12H,4-9H2,1-3H3. The molecule has 0 aliphatic carbocycles. The van der Waals surface area contributed by atoms with Gasteiger partial charge in [0, 0.05) is 12.4 Å². The van der Waals surface area contributed by atoms with Gasteiger partial charge in [0.1, 0.15) is 0 Å². The Morgan fingerprint density at radius 1 is 1.33 bits per heavy atom. The first-order valence-corrected chi connectivity index (χ1v) is 5.42. The molecule has 0 spiro atoms. The van der Waals surface area contributed by atoms with Gasteiger partial charge in [-0.1, -0.05) is 27.2 Å². The molecule has 0 saturated heterocycles. The molecule has 12 heavy (non-hydrogen) atoms. The summed E-state index contributed by atoms with van der Waals surface area (Å²) in [4.78, 5) is 0. The van der Waals surface area contributed by atoms with E-state index in [0.29, 0.717) is 5.41 Å². The highest BCUT2D eigenvalue weighted by atomic mass is 35.5. The maximum atomic E-state index is 5.70. The zero-order valence-electron chi connectivity index (χ0n) is 8.62. The van der Waals surface area contributed by atoms with E-state index in [4.69, 9.17) is 11.6 Å². The minimum Gasteiger partial charge on any atom is -0.316 e. The summed E-state index contributed by atoms with van der Waals surface area (Å²) in [7, 11) is 0. The summed E-state index contributed by atoms with van der Waals surface area (Å²) in [6, 6.07) is 0. The van der Waals surface area contributed by atoms with E-state index in [1.165, 1.54) is 12.8 Å². The van der Waals surface area contributed by atoms with Crippen molar-refractivity contribution in [3.05, 3.63) is 0 Å². The number of alkyl halides is 1. The van der Waals surface area contributed by atoms with Gasteiger partial charge < -0.3 is 5.32 Å². The number of unbranched alkanes of at least 4 members (excludes halogenated alkanes) is 1. The maximum Gasteiger partial charge on any atom is 0.0229 e. The fourth-order valence-electron chi connectivity index (χ4n) is 1.07. The third-order valence-electron chi connectivity index (χ3n) is 2.08. The molecule has 0 aliphatic rings. The number of rotatable bonds is 7. The van der Waals surface area contributed by atoms with Crippen LogP contribution in [0.5, 0.6) is 0 Å². The second-order valence-electron chi connectivity index (χ2n) is 4.13. The second kappa shape index (κ2) is 6.73. The summed E-state index contributed by atoms with van der Waals surface area (Å²) in [5.41, 5.74) is 0.357. The van der Waals surface area contributed by atoms with Gasteiger partial charge in [-0.3, -0.25) is 0 Å². The van der Waals surface area contributed by atoms with Crippen LogP contribution in [0.2, 0.25) is 0 Å². The van der Waals surface area contributed by atoms with E-state index in [2.05, 4.69) is 26.1 Å². The zero-order valence-corrected chi connectivity index (χ0v) is 9.38. The monoisotopic (exact) mass is 191 g/mol. The van der Waals surface area contributed by atoms with Gasteiger partial charge in [0.25, 0.3) is 0 Å². The van der Waals surface area contributed by atoms with Gasteiger partial charge in [0.2, 0.25) is 0 Å². The average Bonchev–Trinajstić information content (AvgIpc) is 1.98. The van der Waals surface area contributed by atoms with Crippen molar-refractivity contribution >= 4 is 11.6 Å². The largest absolute Gasteiger partial charge is 0.316 e. The van der Waals surface area contributed by atoms with E-state index in [9.17, 15) is 0 Å². The Balaban J connectivity index is 3.33. The Labute approximate surface area is 81.9 Å². The van der Waals surface area contributed by atoms with Crippen molar-refractivity contribution in [1.29, 1.82) is 0 Å². The van der Waals surface area contributed by atoms with Crippen molar-refractivity contribution in [2.24, 2.45) is 5.41 Å². The van der Waals surface area contributed by atoms with Gasteiger partial charge in [0.05, 0.1) is 0 Å². The highest BCUT2D eigenvalue weighted by Gasteiger charge is 2.15. The molecular formula is C10H22ClN. The molecule has 0 heterocycles. The fourth-order valence-corrected chi connectivity index (χ4v) is 1.58. The van der Waals surface area contributed by atoms with Crippen LogP contribution in [0.1, 0.15) is 40.0 Å². The Bertz CT molecular complexity index is 102. The molecule has 0 bridgehead atoms. The van der Waals surface area contributed by atoms with E-state index in [0.717, 1.165) is 25.4 Å². The minimum absolute atomic E-state index is 0.357. The van der Waals surface area contributed by atoms with Crippen molar-refractivity contribution in [2.45, 2.75) is 40.0 Å². The first-order valence-electron chi connectivity index (χ1n) is 4.89. The molecule has 0 aliphatic heterocycles. The molecule has 0 unspecified atom stereocenters. The fraction of sp³-hybridized carbons (Fsp3) is 1.00. The Kier molecular flexibility index (Phi) is 6.87. The third-order valence-corrected chi connectivity index (χ3v) is 2.27. The molecule has 0 rings (SSSR count). The van der Waals surface area contributed by atoms with Gasteiger partial charge in [-0.25, -0.2) is 0 Å². The smallest absolute Gasteiger partial charge is 0.0229 e. The maximum absolute atomic E-state index is 5.70. The second-order valence-corrected chi connectivity index (χ2v) is 4.51. The number of hydrogen-bond donors (Lipinski definition) is 1. The Morgan fingerprint density at radius 3 is 2.50 bits per heavy atom. The molecule has 0 fully saturated rings. The molecule has 0 aromatic carbocycles. The van der Waals surface area contributed by atoms with Crippen molar-refractivity contribution in [1.82, 2.24) is 5.32 Å². The molecular weight excluding hydrogens is 170 g/mol. The summed E-state index contributed by atoms with van der Waals surface area (Å²) in [6.45, 7) is 8.95. The van der Waals surface area contributed by atoms with Crippen LogP contribution in [-0.4, -0.2) is 19.0 Å². The van der Waals surface area contributed by atoms with Gasteiger partial charge >= 0.3 is 0 Å². The molecule has 1 N–H and O–H groups in total. The van der Waals surface area contributed by atoms with Crippen LogP contribution in [0, 0.1) is 5.41 Å². The van der Waals surface area contributed by atoms with Crippen molar-refractivity contribution < 1.29 is 0 Å². The van der Waals surface area contributed by atoms with Crippen LogP contribution in [0.25, 0.3) is 0 Å². The number of nitrogens with one attached hydrogen (secondary N) is 1. The van der Waals surface area contributed by atoms with Crippen LogP contribution >= 0.6 is 11.6 Å². The van der Waals surface area contributed by atoms with Gasteiger partial charge in [-0.15, -0.1) is 11.6 Å². The molecule has 0 amide bonds. The van der Waals surface area contributed by atoms with Gasteiger partial charge in [-0.05, 0) is 24.8 Å². The quantitative estimate of drug-likeness (QED) is 0.482. The lowest BCUT2D eigenvalue weighted by molar-refractivity contribution is 0.330. The van der Waals surface area contributed by atoms with Gasteiger partial charge in [0.15, 0.2) is 0 Å². The van der Waals surface area contributed by atoms with E-state index in [1.807, 2.05) is 0 Å². The predicted octanol–water partition coefficient (Wildman–Crippen LogP) is 3.03. The summed E-state index contributed by atoms with van der Waals surface area (Å²) >= 11 is 5.70. The van der Waals surface area contributed by atoms with Gasteiger partial charge in [-0.2, -0.15) is 0 Å². The van der Waals surface area contributed by atoms with E-state index in [-0.39, 0.29) is 0 Å². The molecule has 0 radical (unpaired) electrons. The summed E-state index contributed by atoms with van der Waals surface area (Å²) < 4.78 is 0. The number of hydrogen-bond acceptors (Lipinski definition) is 1. The van der Waals surface area contributed by atoms with Crippen LogP contribution < -0.4 is 5.32 Å². The Morgan fingerprint density at radius 2 is 2.00 bits per heavy atom. The first kappa shape index (κ1) is 12.2. The highest BCUT2D eigenvalue weighted by Crippen LogP contribution is 2.19. The van der Waals surface area contributed by atoms with Crippen molar-refractivity contribution in [3.63, 3.8) is 0 Å². The molecule has 0 atom stereocenters. The summed E-state index contributed by atoms with van der Waals surface area (Å²) in [5, 5.41) is 3.45. The SMILES string of the molecule is CCCCNCC(C)(C)CCCl. The molecule has 74 valence electrons. The minimum atomic E-state index is 0.357. The lowest BCUT2D eigenvalue weighted by Gasteiger charge is -2.23. The summed E-state index contributed by atoms with van der Waals surface area (Å²) in [5.74, 6) is 0.766. The van der Waals surface area contributed by atoms with Crippen LogP contribution in [0.4, 0.5) is 0 Å². The lowest BCUT2D eigenvalue weighted by Crippen LogP contribution is -2.30. The normalized spacial score (nSPS) is 12.0. The van der Waals surface area contributed by atoms with Crippen LogP contribution in [0.3, 0.4) is 0 Å². The van der Waals surface area contributed by atoms with E-state index < -0.39 is 0 Å². The molecule has 2 heteroatoms. The predicted molar refractivity (Wildman–Crippen MR) is 56.9 cm³/mol. The average molecular weight is 192 g/mol.